The first kappa shape index (κ1) is 9.94. The molecule has 0 aliphatic rings. The highest BCUT2D eigenvalue weighted by atomic mass is 16.4. The van der Waals surface area contributed by atoms with Gasteiger partial charge in [-0.3, -0.25) is 9.59 Å². The van der Waals surface area contributed by atoms with E-state index in [9.17, 15) is 9.59 Å². The summed E-state index contributed by atoms with van der Waals surface area (Å²) < 4.78 is 0. The van der Waals surface area contributed by atoms with Crippen LogP contribution in [0.25, 0.3) is 0 Å². The lowest BCUT2D eigenvalue weighted by Crippen LogP contribution is -2.25. The van der Waals surface area contributed by atoms with Crippen molar-refractivity contribution < 1.29 is 14.7 Å². The summed E-state index contributed by atoms with van der Waals surface area (Å²) >= 11 is 0. The van der Waals surface area contributed by atoms with E-state index in [0.29, 0.717) is 0 Å². The Morgan fingerprint density at radius 1 is 1.45 bits per heavy atom. The first-order valence-electron chi connectivity index (χ1n) is 3.38. The van der Waals surface area contributed by atoms with Crippen molar-refractivity contribution in [2.24, 2.45) is 11.1 Å². The first-order chi connectivity index (χ1) is 4.86. The van der Waals surface area contributed by atoms with E-state index in [1.807, 2.05) is 0 Å². The van der Waals surface area contributed by atoms with E-state index in [2.05, 4.69) is 0 Å². The SMILES string of the molecule is CC(C)(CCC(N)=O)C(=O)O. The van der Waals surface area contributed by atoms with Gasteiger partial charge in [0.25, 0.3) is 0 Å². The van der Waals surface area contributed by atoms with E-state index in [4.69, 9.17) is 10.8 Å². The third-order valence-corrected chi connectivity index (χ3v) is 1.58. The summed E-state index contributed by atoms with van der Waals surface area (Å²) in [5.74, 6) is -1.36. The lowest BCUT2D eigenvalue weighted by Gasteiger charge is -2.17. The maximum Gasteiger partial charge on any atom is 0.309 e. The molecule has 1 amide bonds. The van der Waals surface area contributed by atoms with Crippen LogP contribution in [0.2, 0.25) is 0 Å². The molecule has 0 saturated heterocycles. The summed E-state index contributed by atoms with van der Waals surface area (Å²) in [7, 11) is 0. The molecule has 0 bridgehead atoms. The summed E-state index contributed by atoms with van der Waals surface area (Å²) in [6.07, 6.45) is 0.414. The fourth-order valence-electron chi connectivity index (χ4n) is 0.543. The molecule has 64 valence electrons. The lowest BCUT2D eigenvalue weighted by molar-refractivity contribution is -0.147. The van der Waals surface area contributed by atoms with Crippen molar-refractivity contribution in [1.29, 1.82) is 0 Å². The summed E-state index contributed by atoms with van der Waals surface area (Å²) in [4.78, 5) is 20.8. The van der Waals surface area contributed by atoms with Crippen LogP contribution in [0.4, 0.5) is 0 Å². The molecular weight excluding hydrogens is 146 g/mol. The van der Waals surface area contributed by atoms with Crippen LogP contribution in [0.1, 0.15) is 26.7 Å². The molecule has 0 aromatic rings. The van der Waals surface area contributed by atoms with E-state index in [1.165, 1.54) is 0 Å². The molecule has 3 N–H and O–H groups in total. The summed E-state index contributed by atoms with van der Waals surface area (Å²) in [5.41, 5.74) is 4.02. The van der Waals surface area contributed by atoms with Gasteiger partial charge >= 0.3 is 5.97 Å². The number of amides is 1. The van der Waals surface area contributed by atoms with E-state index >= 15 is 0 Å². The van der Waals surface area contributed by atoms with Gasteiger partial charge in [-0.15, -0.1) is 0 Å². The van der Waals surface area contributed by atoms with Crippen LogP contribution in [0.3, 0.4) is 0 Å². The number of rotatable bonds is 4. The van der Waals surface area contributed by atoms with Gasteiger partial charge in [-0.05, 0) is 20.3 Å². The highest BCUT2D eigenvalue weighted by Crippen LogP contribution is 2.21. The van der Waals surface area contributed by atoms with Gasteiger partial charge in [0.15, 0.2) is 0 Å². The van der Waals surface area contributed by atoms with Crippen molar-refractivity contribution >= 4 is 11.9 Å². The van der Waals surface area contributed by atoms with Gasteiger partial charge in [-0.2, -0.15) is 0 Å². The third-order valence-electron chi connectivity index (χ3n) is 1.58. The molecule has 0 aliphatic carbocycles. The van der Waals surface area contributed by atoms with Gasteiger partial charge in [-0.25, -0.2) is 0 Å². The van der Waals surface area contributed by atoms with Crippen molar-refractivity contribution in [2.45, 2.75) is 26.7 Å². The molecule has 0 radical (unpaired) electrons. The van der Waals surface area contributed by atoms with Crippen LogP contribution in [0, 0.1) is 5.41 Å². The van der Waals surface area contributed by atoms with E-state index in [1.54, 1.807) is 13.8 Å². The highest BCUT2D eigenvalue weighted by Gasteiger charge is 2.26. The van der Waals surface area contributed by atoms with Gasteiger partial charge in [-0.1, -0.05) is 0 Å². The zero-order chi connectivity index (χ0) is 9.07. The Hall–Kier alpha value is -1.06. The molecule has 0 spiro atoms. The standard InChI is InChI=1S/C7H13NO3/c1-7(2,6(10)11)4-3-5(8)9/h3-4H2,1-2H3,(H2,8,9)(H,10,11). The molecule has 0 unspecified atom stereocenters. The Labute approximate surface area is 65.4 Å². The minimum absolute atomic E-state index is 0.124. The summed E-state index contributed by atoms with van der Waals surface area (Å²) in [6.45, 7) is 3.14. The van der Waals surface area contributed by atoms with E-state index in [0.717, 1.165) is 0 Å². The van der Waals surface area contributed by atoms with E-state index in [-0.39, 0.29) is 12.8 Å². The van der Waals surface area contributed by atoms with Crippen molar-refractivity contribution in [3.63, 3.8) is 0 Å². The maximum absolute atomic E-state index is 10.5. The predicted octanol–water partition coefficient (Wildman–Crippen LogP) is 0.363. The summed E-state index contributed by atoms with van der Waals surface area (Å²) in [6, 6.07) is 0. The molecule has 0 saturated carbocycles. The van der Waals surface area contributed by atoms with Crippen molar-refractivity contribution in [2.75, 3.05) is 0 Å². The van der Waals surface area contributed by atoms with Crippen molar-refractivity contribution in [1.82, 2.24) is 0 Å². The molecule has 0 rings (SSSR count). The molecule has 4 nitrogen and oxygen atoms in total. The van der Waals surface area contributed by atoms with Crippen LogP contribution in [0.5, 0.6) is 0 Å². The van der Waals surface area contributed by atoms with Gasteiger partial charge in [0.1, 0.15) is 0 Å². The van der Waals surface area contributed by atoms with E-state index < -0.39 is 17.3 Å². The Morgan fingerprint density at radius 3 is 2.18 bits per heavy atom. The normalized spacial score (nSPS) is 11.1. The van der Waals surface area contributed by atoms with Crippen LogP contribution in [0.15, 0.2) is 0 Å². The molecule has 0 fully saturated rings. The van der Waals surface area contributed by atoms with Gasteiger partial charge in [0, 0.05) is 6.42 Å². The Kier molecular flexibility index (Phi) is 3.04. The number of carboxylic acid groups (broad SMARTS) is 1. The Bertz CT molecular complexity index is 175. The Balaban J connectivity index is 3.92. The third kappa shape index (κ3) is 3.60. The molecule has 0 heterocycles. The Morgan fingerprint density at radius 2 is 1.91 bits per heavy atom. The van der Waals surface area contributed by atoms with Crippen molar-refractivity contribution in [3.8, 4) is 0 Å². The molecule has 0 aromatic heterocycles. The van der Waals surface area contributed by atoms with Crippen molar-refractivity contribution in [3.05, 3.63) is 0 Å². The minimum atomic E-state index is -0.904. The molecule has 0 aromatic carbocycles. The van der Waals surface area contributed by atoms with Gasteiger partial charge < -0.3 is 10.8 Å². The number of carboxylic acids is 1. The molecule has 4 heteroatoms. The number of carbonyl (C=O) groups excluding carboxylic acids is 1. The topological polar surface area (TPSA) is 80.4 Å². The fraction of sp³-hybridized carbons (Fsp3) is 0.714. The number of nitrogens with two attached hydrogens (primary N) is 1. The van der Waals surface area contributed by atoms with Gasteiger partial charge in [0.05, 0.1) is 5.41 Å². The zero-order valence-corrected chi connectivity index (χ0v) is 6.76. The second kappa shape index (κ2) is 3.37. The maximum atomic E-state index is 10.5. The smallest absolute Gasteiger partial charge is 0.309 e. The zero-order valence-electron chi connectivity index (χ0n) is 6.76. The second-order valence-electron chi connectivity index (χ2n) is 3.16. The highest BCUT2D eigenvalue weighted by molar-refractivity contribution is 5.77. The number of hydrogen-bond donors (Lipinski definition) is 2. The molecule has 0 atom stereocenters. The number of hydrogen-bond acceptors (Lipinski definition) is 2. The quantitative estimate of drug-likeness (QED) is 0.621. The predicted molar refractivity (Wildman–Crippen MR) is 39.8 cm³/mol. The second-order valence-corrected chi connectivity index (χ2v) is 3.16. The first-order valence-corrected chi connectivity index (χ1v) is 3.38. The van der Waals surface area contributed by atoms with Gasteiger partial charge in [0.2, 0.25) is 5.91 Å². The molecule has 11 heavy (non-hydrogen) atoms. The average molecular weight is 159 g/mol. The lowest BCUT2D eigenvalue weighted by atomic mass is 9.88. The number of primary amides is 1. The largest absolute Gasteiger partial charge is 0.481 e. The van der Waals surface area contributed by atoms with Crippen LogP contribution in [-0.2, 0) is 9.59 Å². The number of aliphatic carboxylic acids is 1. The fourth-order valence-corrected chi connectivity index (χ4v) is 0.543. The van der Waals surface area contributed by atoms with Crippen LogP contribution < -0.4 is 5.73 Å². The van der Waals surface area contributed by atoms with Crippen LogP contribution in [-0.4, -0.2) is 17.0 Å². The molecule has 0 aliphatic heterocycles. The average Bonchev–Trinajstić information content (AvgIpc) is 1.84. The number of carbonyl (C=O) groups is 2. The monoisotopic (exact) mass is 159 g/mol. The minimum Gasteiger partial charge on any atom is -0.481 e. The molecular formula is C7H13NO3. The van der Waals surface area contributed by atoms with Crippen LogP contribution >= 0.6 is 0 Å². The summed E-state index contributed by atoms with van der Waals surface area (Å²) in [5, 5.41) is 8.60.